The normalized spacial score (nSPS) is 15.8. The number of carbonyl (C=O) groups is 1. The Morgan fingerprint density at radius 1 is 0.889 bits per heavy atom. The molecular weight excluding hydrogens is 450 g/mol. The fourth-order valence-corrected chi connectivity index (χ4v) is 5.05. The summed E-state index contributed by atoms with van der Waals surface area (Å²) in [6, 6.07) is 22.3. The second kappa shape index (κ2) is 10.9. The van der Waals surface area contributed by atoms with Gasteiger partial charge in [-0.05, 0) is 60.5 Å². The molecule has 1 saturated heterocycles. The van der Waals surface area contributed by atoms with Gasteiger partial charge in [-0.1, -0.05) is 30.4 Å². The largest absolute Gasteiger partial charge is 0.497 e. The van der Waals surface area contributed by atoms with Crippen LogP contribution in [0.5, 0.6) is 11.5 Å². The summed E-state index contributed by atoms with van der Waals surface area (Å²) in [5.74, 6) is 1.78. The Kier molecular flexibility index (Phi) is 7.23. The molecule has 6 heteroatoms. The number of rotatable bonds is 6. The van der Waals surface area contributed by atoms with Crippen LogP contribution in [0.3, 0.4) is 0 Å². The lowest BCUT2D eigenvalue weighted by atomic mass is 10.1. The highest BCUT2D eigenvalue weighted by Gasteiger charge is 2.22. The number of fused-ring (bicyclic) bond motifs is 1. The average Bonchev–Trinajstić information content (AvgIpc) is 3.18. The highest BCUT2D eigenvalue weighted by atomic mass is 16.5. The third-order valence-corrected chi connectivity index (χ3v) is 7.00. The molecule has 0 atom stereocenters. The topological polar surface area (TPSA) is 45.3 Å². The minimum Gasteiger partial charge on any atom is -0.497 e. The van der Waals surface area contributed by atoms with Gasteiger partial charge < -0.3 is 19.3 Å². The minimum absolute atomic E-state index is 0.0984. The monoisotopic (exact) mass is 483 g/mol. The summed E-state index contributed by atoms with van der Waals surface area (Å²) >= 11 is 0. The van der Waals surface area contributed by atoms with Crippen molar-refractivity contribution < 1.29 is 14.3 Å². The van der Waals surface area contributed by atoms with E-state index in [1.54, 1.807) is 14.2 Å². The van der Waals surface area contributed by atoms with E-state index in [4.69, 9.17) is 9.47 Å². The number of hydrogen-bond acceptors (Lipinski definition) is 5. The summed E-state index contributed by atoms with van der Waals surface area (Å²) in [6.45, 7) is 4.81. The van der Waals surface area contributed by atoms with Crippen LogP contribution in [0.4, 0.5) is 11.4 Å². The van der Waals surface area contributed by atoms with Crippen LogP contribution >= 0.6 is 0 Å². The van der Waals surface area contributed by atoms with E-state index in [2.05, 4.69) is 58.4 Å². The molecule has 186 valence electrons. The van der Waals surface area contributed by atoms with Crippen molar-refractivity contribution in [1.29, 1.82) is 0 Å². The predicted molar refractivity (Wildman–Crippen MR) is 144 cm³/mol. The Balaban J connectivity index is 1.23. The first-order valence-corrected chi connectivity index (χ1v) is 12.5. The second-order valence-electron chi connectivity index (χ2n) is 9.22. The van der Waals surface area contributed by atoms with E-state index in [-0.39, 0.29) is 5.91 Å². The molecule has 6 nitrogen and oxygen atoms in total. The van der Waals surface area contributed by atoms with Crippen molar-refractivity contribution >= 4 is 23.4 Å². The number of carbonyl (C=O) groups excluding carboxylic acids is 1. The standard InChI is InChI=1S/C30H33N3O3/c1-35-27-14-15-29(36-2)25(21-27)22-31-16-6-17-32(20-19-31)30(34)24-10-12-26(13-11-24)33-18-5-8-23-7-3-4-9-28(23)33/h3-5,7-15,21H,6,16-20,22H2,1-2H3. The van der Waals surface area contributed by atoms with Gasteiger partial charge in [-0.2, -0.15) is 0 Å². The number of nitrogens with zero attached hydrogens (tertiary/aromatic N) is 3. The van der Waals surface area contributed by atoms with Crippen molar-refractivity contribution in [3.05, 3.63) is 89.5 Å². The SMILES string of the molecule is COc1ccc(OC)c(CN2CCCN(C(=O)c3ccc(N4CC=Cc5ccccc54)cc3)CC2)c1. The molecule has 0 spiro atoms. The van der Waals surface area contributed by atoms with Gasteiger partial charge >= 0.3 is 0 Å². The first kappa shape index (κ1) is 23.9. The minimum atomic E-state index is 0.0984. The number of hydrogen-bond donors (Lipinski definition) is 0. The lowest BCUT2D eigenvalue weighted by molar-refractivity contribution is 0.0761. The highest BCUT2D eigenvalue weighted by molar-refractivity contribution is 5.94. The molecule has 2 aliphatic rings. The van der Waals surface area contributed by atoms with Crippen LogP contribution in [0.1, 0.15) is 27.9 Å². The molecule has 0 saturated carbocycles. The van der Waals surface area contributed by atoms with Crippen molar-refractivity contribution in [3.63, 3.8) is 0 Å². The van der Waals surface area contributed by atoms with Crippen LogP contribution in [0, 0.1) is 0 Å². The molecule has 5 rings (SSSR count). The number of amides is 1. The lowest BCUT2D eigenvalue weighted by Crippen LogP contribution is -2.35. The second-order valence-corrected chi connectivity index (χ2v) is 9.22. The summed E-state index contributed by atoms with van der Waals surface area (Å²) in [5.41, 5.74) is 5.34. The zero-order chi connectivity index (χ0) is 24.9. The molecule has 3 aromatic carbocycles. The molecule has 0 N–H and O–H groups in total. The Morgan fingerprint density at radius 2 is 1.72 bits per heavy atom. The molecule has 0 aromatic heterocycles. The zero-order valence-corrected chi connectivity index (χ0v) is 21.0. The molecule has 2 heterocycles. The van der Waals surface area contributed by atoms with Gasteiger partial charge in [0.25, 0.3) is 5.91 Å². The first-order chi connectivity index (χ1) is 17.7. The summed E-state index contributed by atoms with van der Waals surface area (Å²) in [6.07, 6.45) is 5.27. The smallest absolute Gasteiger partial charge is 0.253 e. The number of methoxy groups -OCH3 is 2. The van der Waals surface area contributed by atoms with Crippen molar-refractivity contribution in [2.45, 2.75) is 13.0 Å². The number of ether oxygens (including phenoxy) is 2. The van der Waals surface area contributed by atoms with Crippen LogP contribution in [0.2, 0.25) is 0 Å². The summed E-state index contributed by atoms with van der Waals surface area (Å²) < 4.78 is 11.0. The molecule has 1 amide bonds. The lowest BCUT2D eigenvalue weighted by Gasteiger charge is -2.28. The van der Waals surface area contributed by atoms with E-state index in [1.165, 1.54) is 11.3 Å². The maximum absolute atomic E-state index is 13.3. The zero-order valence-electron chi connectivity index (χ0n) is 21.0. The maximum Gasteiger partial charge on any atom is 0.253 e. The van der Waals surface area contributed by atoms with Crippen molar-refractivity contribution in [2.24, 2.45) is 0 Å². The van der Waals surface area contributed by atoms with Gasteiger partial charge in [0.1, 0.15) is 11.5 Å². The van der Waals surface area contributed by atoms with E-state index in [0.29, 0.717) is 6.54 Å². The number of para-hydroxylation sites is 1. The molecule has 3 aromatic rings. The van der Waals surface area contributed by atoms with Gasteiger partial charge in [0, 0.05) is 61.8 Å². The van der Waals surface area contributed by atoms with Gasteiger partial charge in [0.15, 0.2) is 0 Å². The van der Waals surface area contributed by atoms with E-state index < -0.39 is 0 Å². The van der Waals surface area contributed by atoms with Gasteiger partial charge in [-0.15, -0.1) is 0 Å². The maximum atomic E-state index is 13.3. The van der Waals surface area contributed by atoms with Crippen LogP contribution in [0.25, 0.3) is 6.08 Å². The first-order valence-electron chi connectivity index (χ1n) is 12.5. The molecule has 0 radical (unpaired) electrons. The fourth-order valence-electron chi connectivity index (χ4n) is 5.05. The Bertz CT molecular complexity index is 1240. The van der Waals surface area contributed by atoms with Crippen molar-refractivity contribution in [1.82, 2.24) is 9.80 Å². The van der Waals surface area contributed by atoms with Gasteiger partial charge in [-0.25, -0.2) is 0 Å². The Hall–Kier alpha value is -3.77. The van der Waals surface area contributed by atoms with Crippen molar-refractivity contribution in [2.75, 3.05) is 51.8 Å². The molecule has 1 fully saturated rings. The Morgan fingerprint density at radius 3 is 2.53 bits per heavy atom. The van der Waals surface area contributed by atoms with E-state index in [1.807, 2.05) is 35.2 Å². The summed E-state index contributed by atoms with van der Waals surface area (Å²) in [7, 11) is 3.37. The van der Waals surface area contributed by atoms with Gasteiger partial charge in [-0.3, -0.25) is 9.69 Å². The third-order valence-electron chi connectivity index (χ3n) is 7.00. The third kappa shape index (κ3) is 5.09. The number of anilines is 2. The quantitative estimate of drug-likeness (QED) is 0.481. The molecule has 36 heavy (non-hydrogen) atoms. The molecule has 0 aliphatic carbocycles. The van der Waals surface area contributed by atoms with Crippen LogP contribution < -0.4 is 14.4 Å². The van der Waals surface area contributed by atoms with E-state index >= 15 is 0 Å². The summed E-state index contributed by atoms with van der Waals surface area (Å²) in [4.78, 5) is 20.0. The van der Waals surface area contributed by atoms with Gasteiger partial charge in [0.2, 0.25) is 0 Å². The highest BCUT2D eigenvalue weighted by Crippen LogP contribution is 2.32. The van der Waals surface area contributed by atoms with E-state index in [0.717, 1.165) is 67.5 Å². The van der Waals surface area contributed by atoms with Crippen molar-refractivity contribution in [3.8, 4) is 11.5 Å². The van der Waals surface area contributed by atoms with E-state index in [9.17, 15) is 4.79 Å². The average molecular weight is 484 g/mol. The molecular formula is C30H33N3O3. The Labute approximate surface area is 213 Å². The molecule has 2 aliphatic heterocycles. The van der Waals surface area contributed by atoms with Crippen LogP contribution in [-0.4, -0.2) is 62.7 Å². The summed E-state index contributed by atoms with van der Waals surface area (Å²) in [5, 5.41) is 0. The fraction of sp³-hybridized carbons (Fsp3) is 0.300. The molecule has 0 unspecified atom stereocenters. The molecule has 0 bridgehead atoms. The predicted octanol–water partition coefficient (Wildman–Crippen LogP) is 5.22. The van der Waals surface area contributed by atoms with Crippen LogP contribution in [0.15, 0.2) is 72.8 Å². The van der Waals surface area contributed by atoms with Gasteiger partial charge in [0.05, 0.1) is 14.2 Å². The van der Waals surface area contributed by atoms with Crippen LogP contribution in [-0.2, 0) is 6.54 Å². The number of benzene rings is 3.